The molecule has 0 atom stereocenters. The van der Waals surface area contributed by atoms with Crippen molar-refractivity contribution >= 4 is 23.1 Å². The molecular weight excluding hydrogens is 318 g/mol. The van der Waals surface area contributed by atoms with E-state index >= 15 is 0 Å². The molecule has 25 heavy (non-hydrogen) atoms. The molecule has 9 heteroatoms. The Morgan fingerprint density at radius 2 is 2.04 bits per heavy atom. The zero-order chi connectivity index (χ0) is 17.4. The summed E-state index contributed by atoms with van der Waals surface area (Å²) in [5, 5.41) is 16.1. The first-order valence-electron chi connectivity index (χ1n) is 8.27. The molecule has 4 rings (SSSR count). The van der Waals surface area contributed by atoms with Gasteiger partial charge in [0, 0.05) is 45.7 Å². The van der Waals surface area contributed by atoms with Gasteiger partial charge in [-0.05, 0) is 19.1 Å². The molecule has 4 heterocycles. The Balaban J connectivity index is 1.34. The SMILES string of the molecule is Cc1nnc2ccc(N3CC(CNc4cc(N(C)C)ncn4)C3)nn12. The van der Waals surface area contributed by atoms with Crippen LogP contribution in [0.25, 0.3) is 5.65 Å². The van der Waals surface area contributed by atoms with Crippen molar-refractivity contribution in [2.45, 2.75) is 6.92 Å². The molecule has 1 aliphatic rings. The van der Waals surface area contributed by atoms with Crippen molar-refractivity contribution < 1.29 is 0 Å². The lowest BCUT2D eigenvalue weighted by Crippen LogP contribution is -2.50. The molecule has 0 saturated carbocycles. The summed E-state index contributed by atoms with van der Waals surface area (Å²) in [6, 6.07) is 5.92. The lowest BCUT2D eigenvalue weighted by Gasteiger charge is -2.40. The second-order valence-corrected chi connectivity index (χ2v) is 6.52. The van der Waals surface area contributed by atoms with Crippen LogP contribution in [0.4, 0.5) is 17.5 Å². The lowest BCUT2D eigenvalue weighted by molar-refractivity contribution is 0.424. The van der Waals surface area contributed by atoms with Crippen LogP contribution in [0.5, 0.6) is 0 Å². The van der Waals surface area contributed by atoms with Gasteiger partial charge in [0.25, 0.3) is 0 Å². The number of aryl methyl sites for hydroxylation is 1. The van der Waals surface area contributed by atoms with E-state index in [1.165, 1.54) is 0 Å². The van der Waals surface area contributed by atoms with Crippen LogP contribution >= 0.6 is 0 Å². The molecule has 0 radical (unpaired) electrons. The van der Waals surface area contributed by atoms with Crippen molar-refractivity contribution in [2.24, 2.45) is 5.92 Å². The van der Waals surface area contributed by atoms with Gasteiger partial charge in [0.05, 0.1) is 0 Å². The fourth-order valence-corrected chi connectivity index (χ4v) is 2.88. The summed E-state index contributed by atoms with van der Waals surface area (Å²) in [5.74, 6) is 4.09. The Bertz CT molecular complexity index is 882. The van der Waals surface area contributed by atoms with Crippen LogP contribution in [0.3, 0.4) is 0 Å². The number of rotatable bonds is 5. The van der Waals surface area contributed by atoms with Gasteiger partial charge in [0.15, 0.2) is 11.5 Å². The third kappa shape index (κ3) is 3.04. The highest BCUT2D eigenvalue weighted by molar-refractivity contribution is 5.49. The summed E-state index contributed by atoms with van der Waals surface area (Å²) in [4.78, 5) is 12.7. The number of nitrogens with zero attached hydrogens (tertiary/aromatic N) is 8. The number of fused-ring (bicyclic) bond motifs is 1. The Morgan fingerprint density at radius 3 is 2.84 bits per heavy atom. The van der Waals surface area contributed by atoms with E-state index in [4.69, 9.17) is 0 Å². The highest BCUT2D eigenvalue weighted by Crippen LogP contribution is 2.23. The van der Waals surface area contributed by atoms with Crippen LogP contribution in [0.2, 0.25) is 0 Å². The quantitative estimate of drug-likeness (QED) is 0.732. The summed E-state index contributed by atoms with van der Waals surface area (Å²) in [7, 11) is 3.94. The molecule has 0 spiro atoms. The van der Waals surface area contributed by atoms with Crippen molar-refractivity contribution in [3.63, 3.8) is 0 Å². The molecule has 3 aromatic heterocycles. The van der Waals surface area contributed by atoms with Crippen LogP contribution in [0.1, 0.15) is 5.82 Å². The largest absolute Gasteiger partial charge is 0.369 e. The second kappa shape index (κ2) is 6.15. The van der Waals surface area contributed by atoms with Gasteiger partial charge in [-0.1, -0.05) is 0 Å². The van der Waals surface area contributed by atoms with Crippen molar-refractivity contribution in [3.05, 3.63) is 30.4 Å². The van der Waals surface area contributed by atoms with Gasteiger partial charge in [-0.3, -0.25) is 0 Å². The van der Waals surface area contributed by atoms with Crippen molar-refractivity contribution in [2.75, 3.05) is 48.8 Å². The molecule has 1 fully saturated rings. The molecule has 1 N–H and O–H groups in total. The minimum absolute atomic E-state index is 0.567. The molecular formula is C16H21N9. The maximum Gasteiger partial charge on any atom is 0.178 e. The molecule has 0 bridgehead atoms. The van der Waals surface area contributed by atoms with Crippen LogP contribution in [-0.4, -0.2) is 63.5 Å². The van der Waals surface area contributed by atoms with Gasteiger partial charge >= 0.3 is 0 Å². The van der Waals surface area contributed by atoms with E-state index < -0.39 is 0 Å². The van der Waals surface area contributed by atoms with Crippen LogP contribution in [-0.2, 0) is 0 Å². The molecule has 0 aromatic carbocycles. The predicted octanol–water partition coefficient (Wildman–Crippen LogP) is 0.837. The summed E-state index contributed by atoms with van der Waals surface area (Å²) in [6.45, 7) is 4.73. The van der Waals surface area contributed by atoms with E-state index in [0.717, 1.165) is 48.6 Å². The third-order valence-electron chi connectivity index (χ3n) is 4.37. The molecule has 130 valence electrons. The minimum atomic E-state index is 0.567. The highest BCUT2D eigenvalue weighted by Gasteiger charge is 2.28. The Morgan fingerprint density at radius 1 is 1.20 bits per heavy atom. The minimum Gasteiger partial charge on any atom is -0.369 e. The topological polar surface area (TPSA) is 87.4 Å². The van der Waals surface area contributed by atoms with Gasteiger partial charge < -0.3 is 15.1 Å². The summed E-state index contributed by atoms with van der Waals surface area (Å²) < 4.78 is 1.78. The van der Waals surface area contributed by atoms with Gasteiger partial charge in [-0.2, -0.15) is 4.52 Å². The Kier molecular flexibility index (Phi) is 3.83. The maximum absolute atomic E-state index is 4.61. The number of hydrogen-bond donors (Lipinski definition) is 1. The van der Waals surface area contributed by atoms with Crippen molar-refractivity contribution in [1.29, 1.82) is 0 Å². The van der Waals surface area contributed by atoms with E-state index in [1.807, 2.05) is 44.1 Å². The first kappa shape index (κ1) is 15.6. The maximum atomic E-state index is 4.61. The second-order valence-electron chi connectivity index (χ2n) is 6.52. The van der Waals surface area contributed by atoms with E-state index in [0.29, 0.717) is 5.92 Å². The normalized spacial score (nSPS) is 14.6. The zero-order valence-electron chi connectivity index (χ0n) is 14.6. The van der Waals surface area contributed by atoms with E-state index in [1.54, 1.807) is 10.8 Å². The highest BCUT2D eigenvalue weighted by atomic mass is 15.4. The molecule has 1 saturated heterocycles. The number of aromatic nitrogens is 6. The first-order valence-corrected chi connectivity index (χ1v) is 8.27. The standard InChI is InChI=1S/C16H21N9/c1-11-20-21-14-4-5-15(22-25(11)14)24-8-12(9-24)7-17-13-6-16(23(2)3)19-10-18-13/h4-6,10,12H,7-9H2,1-3H3,(H,17,18,19). The van der Waals surface area contributed by atoms with Crippen molar-refractivity contribution in [3.8, 4) is 0 Å². The predicted molar refractivity (Wildman–Crippen MR) is 96.1 cm³/mol. The molecule has 0 aliphatic carbocycles. The fourth-order valence-electron chi connectivity index (χ4n) is 2.88. The average molecular weight is 339 g/mol. The summed E-state index contributed by atoms with van der Waals surface area (Å²) >= 11 is 0. The van der Waals surface area contributed by atoms with Crippen LogP contribution in [0, 0.1) is 12.8 Å². The summed E-state index contributed by atoms with van der Waals surface area (Å²) in [5.41, 5.74) is 0.778. The summed E-state index contributed by atoms with van der Waals surface area (Å²) in [6.07, 6.45) is 1.59. The molecule has 3 aromatic rings. The monoisotopic (exact) mass is 339 g/mol. The van der Waals surface area contributed by atoms with Gasteiger partial charge in [-0.15, -0.1) is 15.3 Å². The molecule has 9 nitrogen and oxygen atoms in total. The molecule has 1 aliphatic heterocycles. The Labute approximate surface area is 145 Å². The molecule has 0 amide bonds. The van der Waals surface area contributed by atoms with Crippen LogP contribution in [0.15, 0.2) is 24.5 Å². The average Bonchev–Trinajstić information content (AvgIpc) is 2.94. The van der Waals surface area contributed by atoms with Crippen LogP contribution < -0.4 is 15.1 Å². The van der Waals surface area contributed by atoms with Gasteiger partial charge in [-0.25, -0.2) is 9.97 Å². The van der Waals surface area contributed by atoms with E-state index in [9.17, 15) is 0 Å². The number of anilines is 3. The Hall–Kier alpha value is -2.97. The fraction of sp³-hybridized carbons (Fsp3) is 0.438. The van der Waals surface area contributed by atoms with Crippen molar-refractivity contribution in [1.82, 2.24) is 29.8 Å². The zero-order valence-corrected chi connectivity index (χ0v) is 14.6. The lowest BCUT2D eigenvalue weighted by atomic mass is 10.0. The molecule has 0 unspecified atom stereocenters. The third-order valence-corrected chi connectivity index (χ3v) is 4.37. The number of nitrogens with one attached hydrogen (secondary N) is 1. The van der Waals surface area contributed by atoms with Gasteiger partial charge in [0.2, 0.25) is 0 Å². The van der Waals surface area contributed by atoms with Gasteiger partial charge in [0.1, 0.15) is 23.8 Å². The van der Waals surface area contributed by atoms with E-state index in [-0.39, 0.29) is 0 Å². The smallest absolute Gasteiger partial charge is 0.178 e. The first-order chi connectivity index (χ1) is 12.1. The van der Waals surface area contributed by atoms with E-state index in [2.05, 4.69) is 35.5 Å². The number of hydrogen-bond acceptors (Lipinski definition) is 8.